The fourth-order valence-corrected chi connectivity index (χ4v) is 4.08. The quantitative estimate of drug-likeness (QED) is 0.674. The second kappa shape index (κ2) is 7.13. The summed E-state index contributed by atoms with van der Waals surface area (Å²) in [5.41, 5.74) is 4.24. The van der Waals surface area contributed by atoms with Crippen molar-refractivity contribution in [1.29, 1.82) is 0 Å². The van der Waals surface area contributed by atoms with Crippen molar-refractivity contribution in [3.8, 4) is 0 Å². The van der Waals surface area contributed by atoms with Crippen LogP contribution in [-0.2, 0) is 11.3 Å². The number of aromatic nitrogens is 3. The second-order valence-corrected chi connectivity index (χ2v) is 7.88. The largest absolute Gasteiger partial charge is 0.420 e. The number of hydrogen-bond acceptors (Lipinski definition) is 4. The average Bonchev–Trinajstić information content (AvgIpc) is 3.12. The van der Waals surface area contributed by atoms with Crippen molar-refractivity contribution in [3.05, 3.63) is 50.7 Å². The third-order valence-corrected chi connectivity index (χ3v) is 5.95. The number of amides is 1. The van der Waals surface area contributed by atoms with Crippen LogP contribution < -0.4 is 5.76 Å². The van der Waals surface area contributed by atoms with Crippen LogP contribution in [0.5, 0.6) is 0 Å². The standard InChI is InChI=1S/C20H23ClN4O3/c1-12-13(2)22-24(14(12)3)11-19(26)23-8-4-5-16(10-23)25-17-9-15(21)6-7-18(17)28-20(25)27/h6-7,9,16H,4-5,8,10-11H2,1-3H3/t16-/m0/s1. The summed E-state index contributed by atoms with van der Waals surface area (Å²) in [5.74, 6) is -0.403. The fourth-order valence-electron chi connectivity index (χ4n) is 3.91. The highest BCUT2D eigenvalue weighted by atomic mass is 35.5. The van der Waals surface area contributed by atoms with E-state index in [4.69, 9.17) is 16.0 Å². The summed E-state index contributed by atoms with van der Waals surface area (Å²) >= 11 is 6.11. The molecule has 0 aliphatic carbocycles. The van der Waals surface area contributed by atoms with Crippen molar-refractivity contribution in [1.82, 2.24) is 19.2 Å². The zero-order chi connectivity index (χ0) is 20.0. The number of nitrogens with zero attached hydrogens (tertiary/aromatic N) is 4. The Labute approximate surface area is 167 Å². The van der Waals surface area contributed by atoms with E-state index in [1.54, 1.807) is 27.4 Å². The Morgan fingerprint density at radius 3 is 2.82 bits per heavy atom. The molecule has 0 bridgehead atoms. The number of carbonyl (C=O) groups excluding carboxylic acids is 1. The molecule has 1 atom stereocenters. The Morgan fingerprint density at radius 2 is 2.11 bits per heavy atom. The van der Waals surface area contributed by atoms with Gasteiger partial charge in [0.2, 0.25) is 5.91 Å². The normalized spacial score (nSPS) is 17.4. The first-order chi connectivity index (χ1) is 13.3. The van der Waals surface area contributed by atoms with E-state index >= 15 is 0 Å². The van der Waals surface area contributed by atoms with E-state index in [0.29, 0.717) is 29.2 Å². The summed E-state index contributed by atoms with van der Waals surface area (Å²) in [6.45, 7) is 7.29. The number of oxazole rings is 1. The van der Waals surface area contributed by atoms with E-state index in [9.17, 15) is 9.59 Å². The number of fused-ring (bicyclic) bond motifs is 1. The van der Waals surface area contributed by atoms with Gasteiger partial charge in [-0.2, -0.15) is 5.10 Å². The Bertz CT molecular complexity index is 1110. The van der Waals surface area contributed by atoms with Gasteiger partial charge in [0.25, 0.3) is 0 Å². The van der Waals surface area contributed by atoms with Crippen LogP contribution in [0.4, 0.5) is 0 Å². The number of benzene rings is 1. The summed E-state index contributed by atoms with van der Waals surface area (Å²) in [7, 11) is 0. The molecule has 7 nitrogen and oxygen atoms in total. The van der Waals surface area contributed by atoms with Gasteiger partial charge >= 0.3 is 5.76 Å². The minimum absolute atomic E-state index is 0.00850. The van der Waals surface area contributed by atoms with E-state index in [2.05, 4.69) is 5.10 Å². The van der Waals surface area contributed by atoms with Crippen LogP contribution in [0.2, 0.25) is 5.02 Å². The highest BCUT2D eigenvalue weighted by Gasteiger charge is 2.28. The molecule has 3 heterocycles. The molecule has 4 rings (SSSR count). The molecule has 0 N–H and O–H groups in total. The number of likely N-dealkylation sites (tertiary alicyclic amines) is 1. The monoisotopic (exact) mass is 402 g/mol. The smallest absolute Gasteiger partial charge is 0.408 e. The number of carbonyl (C=O) groups is 1. The summed E-state index contributed by atoms with van der Waals surface area (Å²) in [5, 5.41) is 5.01. The molecule has 8 heteroatoms. The van der Waals surface area contributed by atoms with E-state index in [1.165, 1.54) is 0 Å². The van der Waals surface area contributed by atoms with Gasteiger partial charge < -0.3 is 9.32 Å². The van der Waals surface area contributed by atoms with Gasteiger partial charge in [-0.3, -0.25) is 14.0 Å². The lowest BCUT2D eigenvalue weighted by molar-refractivity contribution is -0.133. The average molecular weight is 403 g/mol. The van der Waals surface area contributed by atoms with Crippen LogP contribution in [0, 0.1) is 20.8 Å². The van der Waals surface area contributed by atoms with Crippen LogP contribution in [0.25, 0.3) is 11.1 Å². The number of halogens is 1. The number of aryl methyl sites for hydroxylation is 1. The van der Waals surface area contributed by atoms with E-state index in [-0.39, 0.29) is 18.5 Å². The van der Waals surface area contributed by atoms with Crippen LogP contribution in [0.15, 0.2) is 27.4 Å². The van der Waals surface area contributed by atoms with Crippen molar-refractivity contribution in [2.45, 2.75) is 46.2 Å². The third kappa shape index (κ3) is 3.24. The maximum atomic E-state index is 12.9. The van der Waals surface area contributed by atoms with Gasteiger partial charge in [0.15, 0.2) is 5.58 Å². The van der Waals surface area contributed by atoms with Gasteiger partial charge in [0, 0.05) is 23.8 Å². The first kappa shape index (κ1) is 18.8. The van der Waals surface area contributed by atoms with Gasteiger partial charge in [0.1, 0.15) is 6.54 Å². The first-order valence-electron chi connectivity index (χ1n) is 9.44. The minimum atomic E-state index is -0.411. The van der Waals surface area contributed by atoms with Gasteiger partial charge in [-0.25, -0.2) is 4.79 Å². The minimum Gasteiger partial charge on any atom is -0.408 e. The molecular formula is C20H23ClN4O3. The Hall–Kier alpha value is -2.54. The molecule has 1 fully saturated rings. The topological polar surface area (TPSA) is 73.3 Å². The lowest BCUT2D eigenvalue weighted by Crippen LogP contribution is -2.43. The van der Waals surface area contributed by atoms with Gasteiger partial charge in [-0.05, 0) is 57.4 Å². The van der Waals surface area contributed by atoms with E-state index in [0.717, 1.165) is 29.8 Å². The number of hydrogen-bond donors (Lipinski definition) is 0. The summed E-state index contributed by atoms with van der Waals surface area (Å²) in [6, 6.07) is 5.00. The molecule has 0 spiro atoms. The fraction of sp³-hybridized carbons (Fsp3) is 0.450. The van der Waals surface area contributed by atoms with Gasteiger partial charge in [0.05, 0.1) is 17.3 Å². The molecule has 28 heavy (non-hydrogen) atoms. The van der Waals surface area contributed by atoms with Crippen molar-refractivity contribution in [2.75, 3.05) is 13.1 Å². The zero-order valence-corrected chi connectivity index (χ0v) is 17.0. The van der Waals surface area contributed by atoms with Crippen LogP contribution >= 0.6 is 11.6 Å². The molecule has 148 valence electrons. The predicted molar refractivity (Wildman–Crippen MR) is 107 cm³/mol. The molecule has 1 saturated heterocycles. The van der Waals surface area contributed by atoms with Crippen LogP contribution in [0.1, 0.15) is 35.8 Å². The Kier molecular flexibility index (Phi) is 4.79. The maximum absolute atomic E-state index is 12.9. The molecule has 0 saturated carbocycles. The number of piperidine rings is 1. The van der Waals surface area contributed by atoms with Gasteiger partial charge in [-0.1, -0.05) is 11.6 Å². The molecular weight excluding hydrogens is 380 g/mol. The van der Waals surface area contributed by atoms with Crippen molar-refractivity contribution in [3.63, 3.8) is 0 Å². The Balaban J connectivity index is 1.57. The molecule has 1 amide bonds. The molecule has 1 aromatic carbocycles. The predicted octanol–water partition coefficient (Wildman–Crippen LogP) is 3.23. The van der Waals surface area contributed by atoms with Crippen molar-refractivity contribution >= 4 is 28.6 Å². The zero-order valence-electron chi connectivity index (χ0n) is 16.2. The maximum Gasteiger partial charge on any atom is 0.420 e. The molecule has 2 aromatic heterocycles. The Morgan fingerprint density at radius 1 is 1.32 bits per heavy atom. The molecule has 1 aliphatic heterocycles. The van der Waals surface area contributed by atoms with E-state index in [1.807, 2.05) is 25.7 Å². The van der Waals surface area contributed by atoms with Crippen molar-refractivity contribution in [2.24, 2.45) is 0 Å². The molecule has 3 aromatic rings. The summed E-state index contributed by atoms with van der Waals surface area (Å²) < 4.78 is 8.75. The second-order valence-electron chi connectivity index (χ2n) is 7.44. The molecule has 0 radical (unpaired) electrons. The molecule has 0 unspecified atom stereocenters. The van der Waals surface area contributed by atoms with Crippen molar-refractivity contribution < 1.29 is 9.21 Å². The van der Waals surface area contributed by atoms with Crippen LogP contribution in [-0.4, -0.2) is 38.2 Å². The summed E-state index contributed by atoms with van der Waals surface area (Å²) in [4.78, 5) is 27.1. The highest BCUT2D eigenvalue weighted by molar-refractivity contribution is 6.31. The summed E-state index contributed by atoms with van der Waals surface area (Å²) in [6.07, 6.45) is 1.63. The first-order valence-corrected chi connectivity index (χ1v) is 9.82. The lowest BCUT2D eigenvalue weighted by atomic mass is 10.1. The van der Waals surface area contributed by atoms with E-state index < -0.39 is 5.76 Å². The van der Waals surface area contributed by atoms with Gasteiger partial charge in [-0.15, -0.1) is 0 Å². The molecule has 1 aliphatic rings. The lowest BCUT2D eigenvalue weighted by Gasteiger charge is -2.33. The highest BCUT2D eigenvalue weighted by Crippen LogP contribution is 2.27. The SMILES string of the molecule is Cc1nn(CC(=O)N2CCC[C@H](n3c(=O)oc4ccc(Cl)cc43)C2)c(C)c1C. The van der Waals surface area contributed by atoms with Crippen LogP contribution in [0.3, 0.4) is 0 Å². The third-order valence-electron chi connectivity index (χ3n) is 5.72. The number of rotatable bonds is 3.